The molecular weight excluding hydrogens is 284 g/mol. The van der Waals surface area contributed by atoms with E-state index in [1.165, 1.54) is 0 Å². The number of aromatic nitrogens is 3. The quantitative estimate of drug-likeness (QED) is 0.732. The highest BCUT2D eigenvalue weighted by molar-refractivity contribution is 5.42. The van der Waals surface area contributed by atoms with Gasteiger partial charge in [0.2, 0.25) is 5.89 Å². The predicted molar refractivity (Wildman–Crippen MR) is 75.8 cm³/mol. The zero-order valence-corrected chi connectivity index (χ0v) is 12.0. The van der Waals surface area contributed by atoms with E-state index in [1.807, 2.05) is 0 Å². The molecule has 0 aliphatic carbocycles. The van der Waals surface area contributed by atoms with Gasteiger partial charge in [0, 0.05) is 5.92 Å². The number of likely N-dealkylation sites (tertiary alicyclic amines) is 1. The third-order valence-corrected chi connectivity index (χ3v) is 3.95. The van der Waals surface area contributed by atoms with Crippen LogP contribution in [0.3, 0.4) is 0 Å². The molecule has 0 unspecified atom stereocenters. The largest absolute Gasteiger partial charge is 0.459 e. The topological polar surface area (TPSA) is 81.3 Å². The lowest BCUT2D eigenvalue weighted by atomic mass is 9.97. The van der Waals surface area contributed by atoms with Gasteiger partial charge in [0.1, 0.15) is 6.26 Å². The average Bonchev–Trinajstić information content (AvgIpc) is 3.30. The highest BCUT2D eigenvalue weighted by Gasteiger charge is 2.24. The van der Waals surface area contributed by atoms with Crippen LogP contribution < -0.4 is 0 Å². The van der Waals surface area contributed by atoms with Crippen molar-refractivity contribution < 1.29 is 13.3 Å². The van der Waals surface area contributed by atoms with Crippen molar-refractivity contribution in [3.63, 3.8) is 0 Å². The monoisotopic (exact) mass is 300 g/mol. The number of hydrogen-bond acceptors (Lipinski definition) is 7. The van der Waals surface area contributed by atoms with Crippen molar-refractivity contribution in [2.24, 2.45) is 0 Å². The number of hydrogen-bond donors (Lipinski definition) is 0. The second-order valence-corrected chi connectivity index (χ2v) is 5.40. The first-order valence-electron chi connectivity index (χ1n) is 7.36. The Morgan fingerprint density at radius 1 is 1.14 bits per heavy atom. The van der Waals surface area contributed by atoms with E-state index in [0.29, 0.717) is 30.0 Å². The second kappa shape index (κ2) is 5.76. The van der Waals surface area contributed by atoms with Crippen LogP contribution in [0.4, 0.5) is 0 Å². The van der Waals surface area contributed by atoms with Gasteiger partial charge in [-0.2, -0.15) is 0 Å². The normalized spacial score (nSPS) is 17.1. The Kier molecular flexibility index (Phi) is 3.48. The minimum atomic E-state index is 0.410. The van der Waals surface area contributed by atoms with Gasteiger partial charge in [0.05, 0.1) is 19.0 Å². The first kappa shape index (κ1) is 13.3. The first-order chi connectivity index (χ1) is 10.9. The molecule has 4 heterocycles. The van der Waals surface area contributed by atoms with E-state index in [2.05, 4.69) is 20.1 Å². The van der Waals surface area contributed by atoms with Gasteiger partial charge in [-0.1, -0.05) is 0 Å². The summed E-state index contributed by atoms with van der Waals surface area (Å²) in [5.41, 5.74) is 0. The van der Waals surface area contributed by atoms with Crippen molar-refractivity contribution in [2.75, 3.05) is 13.1 Å². The molecule has 3 aromatic rings. The predicted octanol–water partition coefficient (Wildman–Crippen LogP) is 2.70. The second-order valence-electron chi connectivity index (χ2n) is 5.40. The van der Waals surface area contributed by atoms with Gasteiger partial charge in [-0.25, -0.2) is 4.98 Å². The van der Waals surface area contributed by atoms with Crippen LogP contribution in [0.2, 0.25) is 0 Å². The average molecular weight is 300 g/mol. The summed E-state index contributed by atoms with van der Waals surface area (Å²) in [6, 6.07) is 3.60. The van der Waals surface area contributed by atoms with E-state index >= 15 is 0 Å². The molecule has 0 saturated carbocycles. The number of rotatable bonds is 4. The summed E-state index contributed by atoms with van der Waals surface area (Å²) in [5, 5.41) is 8.10. The van der Waals surface area contributed by atoms with Gasteiger partial charge in [-0.3, -0.25) is 4.90 Å². The van der Waals surface area contributed by atoms with E-state index in [1.54, 1.807) is 30.9 Å². The van der Waals surface area contributed by atoms with Crippen LogP contribution in [0, 0.1) is 0 Å². The van der Waals surface area contributed by atoms with Crippen molar-refractivity contribution in [2.45, 2.75) is 25.3 Å². The summed E-state index contributed by atoms with van der Waals surface area (Å²) < 4.78 is 16.3. The molecule has 0 aromatic carbocycles. The fraction of sp³-hybridized carbons (Fsp3) is 0.400. The van der Waals surface area contributed by atoms with Crippen molar-refractivity contribution in [1.82, 2.24) is 20.1 Å². The summed E-state index contributed by atoms with van der Waals surface area (Å²) in [7, 11) is 0. The van der Waals surface area contributed by atoms with Gasteiger partial charge in [-0.05, 0) is 38.1 Å². The molecule has 22 heavy (non-hydrogen) atoms. The van der Waals surface area contributed by atoms with E-state index in [9.17, 15) is 0 Å². The molecule has 7 nitrogen and oxygen atoms in total. The molecule has 0 N–H and O–H groups in total. The fourth-order valence-corrected chi connectivity index (χ4v) is 2.78. The van der Waals surface area contributed by atoms with Crippen molar-refractivity contribution in [1.29, 1.82) is 0 Å². The lowest BCUT2D eigenvalue weighted by Crippen LogP contribution is -2.32. The summed E-state index contributed by atoms with van der Waals surface area (Å²) in [6.45, 7) is 2.59. The number of furan rings is 1. The first-order valence-corrected chi connectivity index (χ1v) is 7.36. The van der Waals surface area contributed by atoms with E-state index < -0.39 is 0 Å². The Morgan fingerprint density at radius 3 is 2.77 bits per heavy atom. The molecule has 1 aliphatic heterocycles. The maximum Gasteiger partial charge on any atom is 0.283 e. The summed E-state index contributed by atoms with van der Waals surface area (Å²) in [6.07, 6.45) is 6.98. The molecule has 0 radical (unpaired) electrons. The standard InChI is InChI=1S/C15H16N4O3/c1-2-12(20-8-1)15-18-17-13(22-15)10-19-6-3-11(4-7-19)14-16-5-9-21-14/h1-2,5,8-9,11H,3-4,6-7,10H2. The zero-order chi connectivity index (χ0) is 14.8. The summed E-state index contributed by atoms with van der Waals surface area (Å²) >= 11 is 0. The molecule has 4 rings (SSSR count). The highest BCUT2D eigenvalue weighted by atomic mass is 16.4. The maximum atomic E-state index is 5.64. The third-order valence-electron chi connectivity index (χ3n) is 3.95. The van der Waals surface area contributed by atoms with Gasteiger partial charge in [-0.15, -0.1) is 10.2 Å². The molecule has 0 spiro atoms. The van der Waals surface area contributed by atoms with Crippen molar-refractivity contribution in [3.8, 4) is 11.7 Å². The molecule has 3 aromatic heterocycles. The fourth-order valence-electron chi connectivity index (χ4n) is 2.78. The van der Waals surface area contributed by atoms with Crippen LogP contribution >= 0.6 is 0 Å². The number of oxazole rings is 1. The lowest BCUT2D eigenvalue weighted by molar-refractivity contribution is 0.178. The molecule has 0 amide bonds. The van der Waals surface area contributed by atoms with Crippen molar-refractivity contribution >= 4 is 0 Å². The minimum Gasteiger partial charge on any atom is -0.459 e. The summed E-state index contributed by atoms with van der Waals surface area (Å²) in [4.78, 5) is 6.55. The molecular formula is C15H16N4O3. The molecule has 1 saturated heterocycles. The maximum absolute atomic E-state index is 5.64. The summed E-state index contributed by atoms with van der Waals surface area (Å²) in [5.74, 6) is 2.89. The highest BCUT2D eigenvalue weighted by Crippen LogP contribution is 2.27. The molecule has 1 fully saturated rings. The number of piperidine rings is 1. The van der Waals surface area contributed by atoms with Crippen LogP contribution in [0.5, 0.6) is 0 Å². The Labute approximate surface area is 126 Å². The van der Waals surface area contributed by atoms with Crippen LogP contribution in [-0.4, -0.2) is 33.2 Å². The van der Waals surface area contributed by atoms with Crippen LogP contribution in [0.25, 0.3) is 11.7 Å². The van der Waals surface area contributed by atoms with Gasteiger partial charge >= 0.3 is 0 Å². The van der Waals surface area contributed by atoms with Crippen LogP contribution in [0.15, 0.2) is 44.1 Å². The molecule has 1 aliphatic rings. The van der Waals surface area contributed by atoms with E-state index in [-0.39, 0.29) is 0 Å². The lowest BCUT2D eigenvalue weighted by Gasteiger charge is -2.29. The van der Waals surface area contributed by atoms with E-state index in [4.69, 9.17) is 13.3 Å². The molecule has 114 valence electrons. The Bertz CT molecular complexity index is 697. The Balaban J connectivity index is 1.35. The van der Waals surface area contributed by atoms with Crippen LogP contribution in [0.1, 0.15) is 30.5 Å². The van der Waals surface area contributed by atoms with Gasteiger partial charge < -0.3 is 13.3 Å². The zero-order valence-electron chi connectivity index (χ0n) is 12.0. The molecule has 0 atom stereocenters. The minimum absolute atomic E-state index is 0.410. The smallest absolute Gasteiger partial charge is 0.283 e. The molecule has 0 bridgehead atoms. The van der Waals surface area contributed by atoms with Crippen LogP contribution in [-0.2, 0) is 6.54 Å². The van der Waals surface area contributed by atoms with Gasteiger partial charge in [0.15, 0.2) is 11.7 Å². The van der Waals surface area contributed by atoms with E-state index in [0.717, 1.165) is 31.8 Å². The molecule has 7 heteroatoms. The SMILES string of the molecule is c1coc(-c2nnc(CN3CCC(c4ncco4)CC3)o2)c1. The number of nitrogens with zero attached hydrogens (tertiary/aromatic N) is 4. The van der Waals surface area contributed by atoms with Gasteiger partial charge in [0.25, 0.3) is 5.89 Å². The van der Waals surface area contributed by atoms with Crippen molar-refractivity contribution in [3.05, 3.63) is 42.6 Å². The Morgan fingerprint density at radius 2 is 2.05 bits per heavy atom. The third kappa shape index (κ3) is 2.67. The Hall–Kier alpha value is -2.41.